The number of nitrogens with two attached hydrogens (primary N) is 2. The van der Waals surface area contributed by atoms with E-state index in [0.29, 0.717) is 0 Å². The summed E-state index contributed by atoms with van der Waals surface area (Å²) in [5.41, 5.74) is 11.9. The molecular weight excluding hydrogens is 230 g/mol. The highest BCUT2D eigenvalue weighted by Gasteiger charge is 2.14. The zero-order chi connectivity index (χ0) is 13.5. The van der Waals surface area contributed by atoms with Crippen LogP contribution in [0.3, 0.4) is 0 Å². The summed E-state index contributed by atoms with van der Waals surface area (Å²) in [6.07, 6.45) is 0.319. The standard InChI is InChI=1S/C13H19N3O2/c1-9(7-12(15)17)16-13(18)8-11(14)10-5-3-2-4-6-10/h2-6,9,11H,7-8,14H2,1H3,(H2,15,17)(H,16,18). The van der Waals surface area contributed by atoms with Crippen LogP contribution in [0, 0.1) is 0 Å². The average Bonchev–Trinajstić information content (AvgIpc) is 2.28. The molecule has 5 N–H and O–H groups in total. The lowest BCUT2D eigenvalue weighted by Crippen LogP contribution is -2.37. The lowest BCUT2D eigenvalue weighted by atomic mass is 10.0. The summed E-state index contributed by atoms with van der Waals surface area (Å²) in [5, 5.41) is 2.69. The van der Waals surface area contributed by atoms with Crippen LogP contribution in [-0.4, -0.2) is 17.9 Å². The monoisotopic (exact) mass is 249 g/mol. The van der Waals surface area contributed by atoms with Crippen molar-refractivity contribution >= 4 is 11.8 Å². The van der Waals surface area contributed by atoms with Crippen molar-refractivity contribution in [2.45, 2.75) is 31.8 Å². The number of rotatable bonds is 6. The summed E-state index contributed by atoms with van der Waals surface area (Å²) in [7, 11) is 0. The van der Waals surface area contributed by atoms with Gasteiger partial charge in [0.15, 0.2) is 0 Å². The Morgan fingerprint density at radius 2 is 1.83 bits per heavy atom. The van der Waals surface area contributed by atoms with Gasteiger partial charge in [-0.15, -0.1) is 0 Å². The molecule has 0 aromatic heterocycles. The molecular formula is C13H19N3O2. The van der Waals surface area contributed by atoms with Crippen LogP contribution in [0.1, 0.15) is 31.4 Å². The fraction of sp³-hybridized carbons (Fsp3) is 0.385. The molecule has 0 saturated heterocycles. The van der Waals surface area contributed by atoms with Gasteiger partial charge in [0.25, 0.3) is 0 Å². The molecule has 2 atom stereocenters. The zero-order valence-corrected chi connectivity index (χ0v) is 10.4. The van der Waals surface area contributed by atoms with E-state index in [1.54, 1.807) is 6.92 Å². The Labute approximate surface area is 107 Å². The van der Waals surface area contributed by atoms with Crippen LogP contribution in [0.2, 0.25) is 0 Å². The Morgan fingerprint density at radius 1 is 1.22 bits per heavy atom. The maximum atomic E-state index is 11.7. The minimum absolute atomic E-state index is 0.131. The third-order valence-electron chi connectivity index (χ3n) is 2.55. The summed E-state index contributed by atoms with van der Waals surface area (Å²) >= 11 is 0. The highest BCUT2D eigenvalue weighted by atomic mass is 16.2. The molecule has 5 nitrogen and oxygen atoms in total. The van der Waals surface area contributed by atoms with Gasteiger partial charge in [0.1, 0.15) is 0 Å². The third kappa shape index (κ3) is 4.97. The Kier molecular flexibility index (Phi) is 5.32. The van der Waals surface area contributed by atoms with E-state index in [-0.39, 0.29) is 30.8 Å². The lowest BCUT2D eigenvalue weighted by molar-refractivity contribution is -0.122. The second-order valence-electron chi connectivity index (χ2n) is 4.36. The molecule has 2 amide bonds. The first-order valence-electron chi connectivity index (χ1n) is 5.87. The van der Waals surface area contributed by atoms with Crippen molar-refractivity contribution in [3.8, 4) is 0 Å². The second-order valence-corrected chi connectivity index (χ2v) is 4.36. The number of carbonyl (C=O) groups excluding carboxylic acids is 2. The average molecular weight is 249 g/mol. The molecule has 0 heterocycles. The minimum atomic E-state index is -0.435. The predicted octanol–water partition coefficient (Wildman–Crippen LogP) is 0.457. The molecule has 0 radical (unpaired) electrons. The Bertz CT molecular complexity index is 406. The van der Waals surface area contributed by atoms with Crippen molar-refractivity contribution < 1.29 is 9.59 Å². The predicted molar refractivity (Wildman–Crippen MR) is 69.4 cm³/mol. The van der Waals surface area contributed by atoms with E-state index in [2.05, 4.69) is 5.32 Å². The molecule has 5 heteroatoms. The summed E-state index contributed by atoms with van der Waals surface area (Å²) in [6.45, 7) is 1.73. The fourth-order valence-corrected chi connectivity index (χ4v) is 1.70. The first kappa shape index (κ1) is 14.2. The van der Waals surface area contributed by atoms with E-state index >= 15 is 0 Å². The van der Waals surface area contributed by atoms with Crippen molar-refractivity contribution in [2.75, 3.05) is 0 Å². The summed E-state index contributed by atoms with van der Waals surface area (Å²) < 4.78 is 0. The molecule has 1 aromatic carbocycles. The van der Waals surface area contributed by atoms with Crippen LogP contribution in [0.25, 0.3) is 0 Å². The summed E-state index contributed by atoms with van der Waals surface area (Å²) in [6, 6.07) is 8.80. The molecule has 0 fully saturated rings. The van der Waals surface area contributed by atoms with Crippen molar-refractivity contribution in [3.05, 3.63) is 35.9 Å². The Balaban J connectivity index is 2.43. The van der Waals surface area contributed by atoms with E-state index in [4.69, 9.17) is 11.5 Å². The third-order valence-corrected chi connectivity index (χ3v) is 2.55. The largest absolute Gasteiger partial charge is 0.370 e. The van der Waals surface area contributed by atoms with Gasteiger partial charge in [0.2, 0.25) is 11.8 Å². The van der Waals surface area contributed by atoms with E-state index < -0.39 is 5.91 Å². The summed E-state index contributed by atoms with van der Waals surface area (Å²) in [4.78, 5) is 22.4. The Hall–Kier alpha value is -1.88. The maximum Gasteiger partial charge on any atom is 0.222 e. The van der Waals surface area contributed by atoms with Crippen molar-refractivity contribution in [3.63, 3.8) is 0 Å². The molecule has 1 rings (SSSR count). The molecule has 18 heavy (non-hydrogen) atoms. The number of nitrogens with one attached hydrogen (secondary N) is 1. The first-order valence-corrected chi connectivity index (χ1v) is 5.87. The van der Waals surface area contributed by atoms with E-state index in [0.717, 1.165) is 5.56 Å². The number of carbonyl (C=O) groups is 2. The molecule has 0 bridgehead atoms. The molecule has 1 aromatic rings. The molecule has 0 spiro atoms. The van der Waals surface area contributed by atoms with Gasteiger partial charge < -0.3 is 16.8 Å². The van der Waals surface area contributed by atoms with Gasteiger partial charge in [-0.3, -0.25) is 9.59 Å². The highest BCUT2D eigenvalue weighted by Crippen LogP contribution is 2.13. The van der Waals surface area contributed by atoms with E-state index in [1.165, 1.54) is 0 Å². The fourth-order valence-electron chi connectivity index (χ4n) is 1.70. The van der Waals surface area contributed by atoms with Gasteiger partial charge in [-0.1, -0.05) is 30.3 Å². The number of amides is 2. The SMILES string of the molecule is CC(CC(N)=O)NC(=O)CC(N)c1ccccc1. The smallest absolute Gasteiger partial charge is 0.222 e. The molecule has 0 aliphatic heterocycles. The van der Waals surface area contributed by atoms with Crippen LogP contribution < -0.4 is 16.8 Å². The normalized spacial score (nSPS) is 13.7. The van der Waals surface area contributed by atoms with Crippen LogP contribution in [-0.2, 0) is 9.59 Å². The number of hydrogen-bond acceptors (Lipinski definition) is 3. The van der Waals surface area contributed by atoms with Crippen LogP contribution in [0.4, 0.5) is 0 Å². The quantitative estimate of drug-likeness (QED) is 0.683. The summed E-state index contributed by atoms with van der Waals surface area (Å²) in [5.74, 6) is -0.615. The Morgan fingerprint density at radius 3 is 2.39 bits per heavy atom. The van der Waals surface area contributed by atoms with Crippen molar-refractivity contribution in [1.82, 2.24) is 5.32 Å². The van der Waals surface area contributed by atoms with Gasteiger partial charge in [-0.05, 0) is 12.5 Å². The van der Waals surface area contributed by atoms with Crippen molar-refractivity contribution in [1.29, 1.82) is 0 Å². The topological polar surface area (TPSA) is 98.2 Å². The molecule has 0 aliphatic rings. The maximum absolute atomic E-state index is 11.7. The van der Waals surface area contributed by atoms with Gasteiger partial charge in [-0.2, -0.15) is 0 Å². The molecule has 98 valence electrons. The van der Waals surface area contributed by atoms with Gasteiger partial charge in [0, 0.05) is 24.9 Å². The van der Waals surface area contributed by atoms with Crippen LogP contribution in [0.15, 0.2) is 30.3 Å². The van der Waals surface area contributed by atoms with E-state index in [1.807, 2.05) is 30.3 Å². The molecule has 0 aliphatic carbocycles. The van der Waals surface area contributed by atoms with Crippen LogP contribution >= 0.6 is 0 Å². The number of benzene rings is 1. The van der Waals surface area contributed by atoms with Gasteiger partial charge >= 0.3 is 0 Å². The number of primary amides is 1. The van der Waals surface area contributed by atoms with Crippen molar-refractivity contribution in [2.24, 2.45) is 11.5 Å². The molecule has 0 saturated carbocycles. The lowest BCUT2D eigenvalue weighted by Gasteiger charge is -2.15. The zero-order valence-electron chi connectivity index (χ0n) is 10.4. The van der Waals surface area contributed by atoms with Gasteiger partial charge in [0.05, 0.1) is 0 Å². The second kappa shape index (κ2) is 6.76. The van der Waals surface area contributed by atoms with Gasteiger partial charge in [-0.25, -0.2) is 0 Å². The first-order chi connectivity index (χ1) is 8.49. The highest BCUT2D eigenvalue weighted by molar-refractivity contribution is 5.79. The molecule has 2 unspecified atom stereocenters. The van der Waals surface area contributed by atoms with Crippen LogP contribution in [0.5, 0.6) is 0 Å². The minimum Gasteiger partial charge on any atom is -0.370 e. The van der Waals surface area contributed by atoms with E-state index in [9.17, 15) is 9.59 Å². The number of hydrogen-bond donors (Lipinski definition) is 3.